The molecule has 0 spiro atoms. The van der Waals surface area contributed by atoms with E-state index in [1.807, 2.05) is 14.1 Å². The Hall–Kier alpha value is -2.81. The van der Waals surface area contributed by atoms with Gasteiger partial charge in [0, 0.05) is 37.6 Å². The highest BCUT2D eigenvalue weighted by atomic mass is 35.5. The number of hydrogen-bond acceptors (Lipinski definition) is 8. The fourth-order valence-corrected chi connectivity index (χ4v) is 3.30. The number of ketones is 2. The van der Waals surface area contributed by atoms with Crippen LogP contribution in [0, 0.1) is 0 Å². The molecule has 1 aliphatic rings. The molecule has 0 radical (unpaired) electrons. The van der Waals surface area contributed by atoms with Crippen LogP contribution >= 0.6 is 12.4 Å². The summed E-state index contributed by atoms with van der Waals surface area (Å²) >= 11 is 0. The summed E-state index contributed by atoms with van der Waals surface area (Å²) in [5.74, 6) is -1.65. The predicted octanol–water partition coefficient (Wildman–Crippen LogP) is 1.56. The van der Waals surface area contributed by atoms with E-state index in [1.54, 1.807) is 12.1 Å². The molecule has 0 bridgehead atoms. The molecule has 0 amide bonds. The number of benzene rings is 2. The van der Waals surface area contributed by atoms with E-state index in [9.17, 15) is 19.8 Å². The number of anilines is 2. The zero-order chi connectivity index (χ0) is 20.3. The minimum atomic E-state index is -0.498. The molecule has 2 aromatic carbocycles. The molecule has 8 nitrogen and oxygen atoms in total. The molecule has 2 aromatic rings. The van der Waals surface area contributed by atoms with Gasteiger partial charge in [-0.25, -0.2) is 0 Å². The molecule has 29 heavy (non-hydrogen) atoms. The Labute approximate surface area is 175 Å². The van der Waals surface area contributed by atoms with E-state index in [0.29, 0.717) is 37.6 Å². The Morgan fingerprint density at radius 3 is 1.38 bits per heavy atom. The van der Waals surface area contributed by atoms with Crippen LogP contribution in [0.5, 0.6) is 11.5 Å². The molecule has 0 aromatic heterocycles. The summed E-state index contributed by atoms with van der Waals surface area (Å²) in [6, 6.07) is 5.92. The van der Waals surface area contributed by atoms with Crippen LogP contribution in [0.25, 0.3) is 0 Å². The number of nitrogens with one attached hydrogen (secondary N) is 4. The van der Waals surface area contributed by atoms with Crippen molar-refractivity contribution in [3.8, 4) is 11.5 Å². The Bertz CT molecular complexity index is 859. The summed E-state index contributed by atoms with van der Waals surface area (Å²) in [4.78, 5) is 26.5. The summed E-state index contributed by atoms with van der Waals surface area (Å²) in [6.45, 7) is 2.44. The average Bonchev–Trinajstić information content (AvgIpc) is 2.68. The Morgan fingerprint density at radius 2 is 1.03 bits per heavy atom. The van der Waals surface area contributed by atoms with Gasteiger partial charge in [-0.1, -0.05) is 0 Å². The number of likely N-dealkylation sites (N-methyl/N-ethyl adjacent to an activating group) is 2. The number of aromatic hydroxyl groups is 2. The smallest absolute Gasteiger partial charge is 0.200 e. The summed E-state index contributed by atoms with van der Waals surface area (Å²) in [5.41, 5.74) is 1.09. The molecule has 0 unspecified atom stereocenters. The minimum Gasteiger partial charge on any atom is -0.507 e. The standard InChI is InChI=1S/C20H24N4O4.ClH/c1-21-7-9-23-11-3-4-12(24-10-8-22-2)16-15(11)19(27)17-13(25)5-6-14(26)18(17)20(16)28;/h3-6,21-26H,7-10H2,1-2H3;1H. The van der Waals surface area contributed by atoms with Gasteiger partial charge in [-0.05, 0) is 38.4 Å². The minimum absolute atomic E-state index is 0. The van der Waals surface area contributed by atoms with Gasteiger partial charge in [-0.2, -0.15) is 0 Å². The fourth-order valence-electron chi connectivity index (χ4n) is 3.30. The van der Waals surface area contributed by atoms with Crippen molar-refractivity contribution in [1.29, 1.82) is 0 Å². The summed E-state index contributed by atoms with van der Waals surface area (Å²) < 4.78 is 0. The number of rotatable bonds is 8. The highest BCUT2D eigenvalue weighted by molar-refractivity contribution is 6.33. The van der Waals surface area contributed by atoms with E-state index in [1.165, 1.54) is 12.1 Å². The molecular weight excluding hydrogens is 396 g/mol. The van der Waals surface area contributed by atoms with Crippen LogP contribution in [0.3, 0.4) is 0 Å². The van der Waals surface area contributed by atoms with Gasteiger partial charge in [-0.15, -0.1) is 12.4 Å². The SMILES string of the molecule is CNCCNc1ccc(NCCNC)c2c1C(=O)c1c(O)ccc(O)c1C2=O.Cl. The number of carbonyl (C=O) groups is 2. The first-order valence-corrected chi connectivity index (χ1v) is 9.09. The lowest BCUT2D eigenvalue weighted by Gasteiger charge is -2.25. The van der Waals surface area contributed by atoms with Crippen molar-refractivity contribution in [2.24, 2.45) is 0 Å². The molecule has 0 heterocycles. The van der Waals surface area contributed by atoms with Gasteiger partial charge in [0.2, 0.25) is 11.6 Å². The van der Waals surface area contributed by atoms with E-state index < -0.39 is 11.6 Å². The Balaban J connectivity index is 0.00000300. The third kappa shape index (κ3) is 4.14. The second-order valence-electron chi connectivity index (χ2n) is 6.48. The van der Waals surface area contributed by atoms with Gasteiger partial charge in [0.15, 0.2) is 0 Å². The maximum atomic E-state index is 13.2. The monoisotopic (exact) mass is 420 g/mol. The van der Waals surface area contributed by atoms with Gasteiger partial charge in [0.1, 0.15) is 11.5 Å². The molecule has 0 fully saturated rings. The van der Waals surface area contributed by atoms with Crippen molar-refractivity contribution < 1.29 is 19.8 Å². The van der Waals surface area contributed by atoms with Crippen LogP contribution in [0.15, 0.2) is 24.3 Å². The number of phenolic OH excluding ortho intramolecular Hbond substituents is 2. The number of phenols is 2. The van der Waals surface area contributed by atoms with Gasteiger partial charge >= 0.3 is 0 Å². The lowest BCUT2D eigenvalue weighted by atomic mass is 9.81. The largest absolute Gasteiger partial charge is 0.507 e. The van der Waals surface area contributed by atoms with Crippen LogP contribution in [-0.2, 0) is 0 Å². The van der Waals surface area contributed by atoms with Crippen molar-refractivity contribution in [2.45, 2.75) is 0 Å². The number of fused-ring (bicyclic) bond motifs is 2. The molecule has 0 atom stereocenters. The van der Waals surface area contributed by atoms with E-state index in [2.05, 4.69) is 21.3 Å². The molecule has 0 saturated heterocycles. The topological polar surface area (TPSA) is 123 Å². The quantitative estimate of drug-likeness (QED) is 0.240. The Kier molecular flexibility index (Phi) is 7.44. The third-order valence-corrected chi connectivity index (χ3v) is 4.66. The van der Waals surface area contributed by atoms with E-state index >= 15 is 0 Å². The van der Waals surface area contributed by atoms with Crippen molar-refractivity contribution in [1.82, 2.24) is 10.6 Å². The van der Waals surface area contributed by atoms with Crippen LogP contribution in [-0.4, -0.2) is 62.1 Å². The molecule has 1 aliphatic carbocycles. The van der Waals surface area contributed by atoms with E-state index in [4.69, 9.17) is 0 Å². The van der Waals surface area contributed by atoms with Crippen LogP contribution in [0.4, 0.5) is 11.4 Å². The van der Waals surface area contributed by atoms with Crippen LogP contribution in [0.1, 0.15) is 31.8 Å². The van der Waals surface area contributed by atoms with E-state index in [-0.39, 0.29) is 46.2 Å². The number of carbonyl (C=O) groups excluding carboxylic acids is 2. The van der Waals surface area contributed by atoms with E-state index in [0.717, 1.165) is 0 Å². The molecule has 0 aliphatic heterocycles. The summed E-state index contributed by atoms with van der Waals surface area (Å²) in [6.07, 6.45) is 0. The zero-order valence-electron chi connectivity index (χ0n) is 16.3. The van der Waals surface area contributed by atoms with Crippen LogP contribution < -0.4 is 21.3 Å². The molecule has 6 N–H and O–H groups in total. The second-order valence-corrected chi connectivity index (χ2v) is 6.48. The lowest BCUT2D eigenvalue weighted by Crippen LogP contribution is -2.27. The van der Waals surface area contributed by atoms with Crippen molar-refractivity contribution in [2.75, 3.05) is 50.9 Å². The molecular formula is C20H25ClN4O4. The molecule has 156 valence electrons. The second kappa shape index (κ2) is 9.60. The highest BCUT2D eigenvalue weighted by Crippen LogP contribution is 2.42. The summed E-state index contributed by atoms with van der Waals surface area (Å²) in [7, 11) is 3.63. The maximum Gasteiger partial charge on any atom is 0.200 e. The zero-order valence-corrected chi connectivity index (χ0v) is 17.1. The van der Waals surface area contributed by atoms with Crippen molar-refractivity contribution in [3.05, 3.63) is 46.5 Å². The van der Waals surface area contributed by atoms with Gasteiger partial charge in [-0.3, -0.25) is 9.59 Å². The third-order valence-electron chi connectivity index (χ3n) is 4.66. The summed E-state index contributed by atoms with van der Waals surface area (Å²) in [5, 5.41) is 32.8. The maximum absolute atomic E-state index is 13.2. The fraction of sp³-hybridized carbons (Fsp3) is 0.300. The van der Waals surface area contributed by atoms with Crippen molar-refractivity contribution in [3.63, 3.8) is 0 Å². The van der Waals surface area contributed by atoms with Gasteiger partial charge in [0.05, 0.1) is 22.3 Å². The van der Waals surface area contributed by atoms with Crippen LogP contribution in [0.2, 0.25) is 0 Å². The Morgan fingerprint density at radius 1 is 0.655 bits per heavy atom. The first kappa shape index (κ1) is 22.5. The first-order valence-electron chi connectivity index (χ1n) is 9.09. The predicted molar refractivity (Wildman–Crippen MR) is 115 cm³/mol. The molecule has 3 rings (SSSR count). The van der Waals surface area contributed by atoms with Gasteiger partial charge in [0.25, 0.3) is 0 Å². The average molecular weight is 421 g/mol. The van der Waals surface area contributed by atoms with Crippen molar-refractivity contribution >= 4 is 35.3 Å². The first-order chi connectivity index (χ1) is 13.5. The van der Waals surface area contributed by atoms with Gasteiger partial charge < -0.3 is 31.5 Å². The molecule has 9 heteroatoms. The lowest BCUT2D eigenvalue weighted by molar-refractivity contribution is 0.0975. The number of halogens is 1. The highest BCUT2D eigenvalue weighted by Gasteiger charge is 2.37. The molecule has 0 saturated carbocycles. The number of hydrogen-bond donors (Lipinski definition) is 6. The normalized spacial score (nSPS) is 12.1.